The van der Waals surface area contributed by atoms with Gasteiger partial charge in [0.15, 0.2) is 0 Å². The molecule has 0 aliphatic rings. The van der Waals surface area contributed by atoms with Crippen LogP contribution >= 0.6 is 11.6 Å². The molecule has 0 bridgehead atoms. The fourth-order valence-electron chi connectivity index (χ4n) is 2.99. The number of benzene rings is 1. The normalized spacial score (nSPS) is 10.9. The van der Waals surface area contributed by atoms with Gasteiger partial charge in [-0.05, 0) is 57.0 Å². The van der Waals surface area contributed by atoms with E-state index in [1.54, 1.807) is 42.6 Å². The molecular formula is C24H33ClN4O4. The molecule has 1 aromatic carbocycles. The fourth-order valence-corrected chi connectivity index (χ4v) is 3.16. The molecule has 2 N–H and O–H groups in total. The van der Waals surface area contributed by atoms with Crippen LogP contribution in [0, 0.1) is 0 Å². The summed E-state index contributed by atoms with van der Waals surface area (Å²) in [6, 6.07) is 9.01. The molecule has 2 aromatic rings. The van der Waals surface area contributed by atoms with Crippen LogP contribution in [0.2, 0.25) is 5.02 Å². The molecule has 1 aromatic heterocycles. The number of anilines is 1. The van der Waals surface area contributed by atoms with Gasteiger partial charge in [0.2, 0.25) is 5.91 Å². The number of carbonyl (C=O) groups excluding carboxylic acids is 2. The lowest BCUT2D eigenvalue weighted by Gasteiger charge is -2.27. The molecule has 1 heterocycles. The summed E-state index contributed by atoms with van der Waals surface area (Å²) in [7, 11) is 1.58. The minimum Gasteiger partial charge on any atom is -0.495 e. The summed E-state index contributed by atoms with van der Waals surface area (Å²) >= 11 is 6.02. The van der Waals surface area contributed by atoms with Crippen molar-refractivity contribution in [3.63, 3.8) is 0 Å². The minimum atomic E-state index is -0.586. The second-order valence-electron chi connectivity index (χ2n) is 8.49. The van der Waals surface area contributed by atoms with Gasteiger partial charge in [0.1, 0.15) is 11.4 Å². The molecule has 0 spiro atoms. The van der Waals surface area contributed by atoms with E-state index in [1.807, 2.05) is 32.9 Å². The molecule has 0 aliphatic heterocycles. The van der Waals surface area contributed by atoms with Crippen LogP contribution in [-0.4, -0.2) is 54.2 Å². The highest BCUT2D eigenvalue weighted by atomic mass is 35.5. The molecule has 33 heavy (non-hydrogen) atoms. The third kappa shape index (κ3) is 9.99. The number of hydrogen-bond acceptors (Lipinski definition) is 6. The van der Waals surface area contributed by atoms with E-state index in [2.05, 4.69) is 15.6 Å². The SMILES string of the molecule is COc1ccc(Cl)cc1NCCC(=O)NCCCN(Cc1cccnc1)C(=O)OC(C)(C)C. The molecule has 8 nitrogen and oxygen atoms in total. The number of rotatable bonds is 11. The summed E-state index contributed by atoms with van der Waals surface area (Å²) in [5.74, 6) is 0.579. The highest BCUT2D eigenvalue weighted by Gasteiger charge is 2.22. The molecule has 0 unspecified atom stereocenters. The van der Waals surface area contributed by atoms with Gasteiger partial charge >= 0.3 is 6.09 Å². The molecule has 0 atom stereocenters. The average molecular weight is 477 g/mol. The van der Waals surface area contributed by atoms with Gasteiger partial charge in [0.05, 0.1) is 19.3 Å². The molecule has 0 fully saturated rings. The van der Waals surface area contributed by atoms with Crippen LogP contribution in [0.25, 0.3) is 0 Å². The Balaban J connectivity index is 1.77. The van der Waals surface area contributed by atoms with Crippen molar-refractivity contribution < 1.29 is 19.1 Å². The van der Waals surface area contributed by atoms with Crippen LogP contribution in [0.5, 0.6) is 5.75 Å². The van der Waals surface area contributed by atoms with E-state index in [4.69, 9.17) is 21.1 Å². The Morgan fingerprint density at radius 3 is 2.64 bits per heavy atom. The van der Waals surface area contributed by atoms with Gasteiger partial charge in [-0.1, -0.05) is 17.7 Å². The lowest BCUT2D eigenvalue weighted by Crippen LogP contribution is -2.38. The van der Waals surface area contributed by atoms with Gasteiger partial charge in [-0.15, -0.1) is 0 Å². The lowest BCUT2D eigenvalue weighted by atomic mass is 10.2. The van der Waals surface area contributed by atoms with Crippen molar-refractivity contribution in [2.75, 3.05) is 32.1 Å². The molecule has 0 saturated heterocycles. The van der Waals surface area contributed by atoms with E-state index in [0.29, 0.717) is 49.8 Å². The molecule has 0 saturated carbocycles. The van der Waals surface area contributed by atoms with Crippen molar-refractivity contribution in [1.82, 2.24) is 15.2 Å². The summed E-state index contributed by atoms with van der Waals surface area (Å²) in [6.07, 6.45) is 3.91. The zero-order valence-electron chi connectivity index (χ0n) is 19.7. The first kappa shape index (κ1) is 26.3. The first-order chi connectivity index (χ1) is 15.7. The van der Waals surface area contributed by atoms with Crippen molar-refractivity contribution in [3.8, 4) is 5.75 Å². The highest BCUT2D eigenvalue weighted by molar-refractivity contribution is 6.30. The number of aromatic nitrogens is 1. The van der Waals surface area contributed by atoms with Crippen LogP contribution in [0.15, 0.2) is 42.7 Å². The number of nitrogens with one attached hydrogen (secondary N) is 2. The highest BCUT2D eigenvalue weighted by Crippen LogP contribution is 2.27. The Bertz CT molecular complexity index is 903. The van der Waals surface area contributed by atoms with E-state index in [1.165, 1.54) is 0 Å². The van der Waals surface area contributed by atoms with Gasteiger partial charge in [-0.2, -0.15) is 0 Å². The zero-order chi connectivity index (χ0) is 24.3. The third-order valence-electron chi connectivity index (χ3n) is 4.50. The summed E-state index contributed by atoms with van der Waals surface area (Å²) in [5, 5.41) is 6.64. The van der Waals surface area contributed by atoms with Gasteiger partial charge in [-0.3, -0.25) is 9.78 Å². The van der Waals surface area contributed by atoms with Crippen LogP contribution in [-0.2, 0) is 16.1 Å². The van der Waals surface area contributed by atoms with Gasteiger partial charge in [-0.25, -0.2) is 4.79 Å². The Morgan fingerprint density at radius 1 is 1.18 bits per heavy atom. The number of carbonyl (C=O) groups is 2. The summed E-state index contributed by atoms with van der Waals surface area (Å²) in [6.45, 7) is 7.23. The van der Waals surface area contributed by atoms with E-state index in [-0.39, 0.29) is 5.91 Å². The number of hydrogen-bond donors (Lipinski definition) is 2. The van der Waals surface area contributed by atoms with E-state index >= 15 is 0 Å². The van der Waals surface area contributed by atoms with Crippen molar-refractivity contribution in [2.45, 2.75) is 45.8 Å². The molecule has 0 radical (unpaired) electrons. The standard InChI is InChI=1S/C24H33ClN4O4/c1-24(2,3)33-23(31)29(17-18-7-5-11-26-16-18)14-6-12-28-22(30)10-13-27-20-15-19(25)8-9-21(20)32-4/h5,7-9,11,15-16,27H,6,10,12-14,17H2,1-4H3,(H,28,30). The average Bonchev–Trinajstić information content (AvgIpc) is 2.75. The Kier molecular flexibility index (Phi) is 10.3. The fraction of sp³-hybridized carbons (Fsp3) is 0.458. The smallest absolute Gasteiger partial charge is 0.410 e. The number of halogens is 1. The third-order valence-corrected chi connectivity index (χ3v) is 4.74. The topological polar surface area (TPSA) is 92.8 Å². The van der Waals surface area contributed by atoms with E-state index in [0.717, 1.165) is 11.3 Å². The molecule has 180 valence electrons. The largest absolute Gasteiger partial charge is 0.495 e. The molecule has 0 aliphatic carbocycles. The Labute approximate surface area is 200 Å². The van der Waals surface area contributed by atoms with Crippen molar-refractivity contribution in [2.24, 2.45) is 0 Å². The predicted octanol–water partition coefficient (Wildman–Crippen LogP) is 4.49. The maximum absolute atomic E-state index is 12.6. The second-order valence-corrected chi connectivity index (χ2v) is 8.92. The molecule has 9 heteroatoms. The monoisotopic (exact) mass is 476 g/mol. The van der Waals surface area contributed by atoms with Crippen molar-refractivity contribution in [1.29, 1.82) is 0 Å². The van der Waals surface area contributed by atoms with Gasteiger partial charge < -0.3 is 25.0 Å². The first-order valence-electron chi connectivity index (χ1n) is 10.9. The quantitative estimate of drug-likeness (QED) is 0.464. The zero-order valence-corrected chi connectivity index (χ0v) is 20.4. The van der Waals surface area contributed by atoms with Crippen molar-refractivity contribution in [3.05, 3.63) is 53.3 Å². The van der Waals surface area contributed by atoms with E-state index < -0.39 is 11.7 Å². The molecule has 2 rings (SSSR count). The maximum atomic E-state index is 12.6. The number of amides is 2. The summed E-state index contributed by atoms with van der Waals surface area (Å²) < 4.78 is 10.8. The lowest BCUT2D eigenvalue weighted by molar-refractivity contribution is -0.120. The summed E-state index contributed by atoms with van der Waals surface area (Å²) in [4.78, 5) is 30.5. The van der Waals surface area contributed by atoms with Gasteiger partial charge in [0.25, 0.3) is 0 Å². The number of methoxy groups -OCH3 is 1. The van der Waals surface area contributed by atoms with Crippen LogP contribution in [0.1, 0.15) is 39.2 Å². The Hall–Kier alpha value is -3.00. The Morgan fingerprint density at radius 2 is 1.97 bits per heavy atom. The predicted molar refractivity (Wildman–Crippen MR) is 130 cm³/mol. The van der Waals surface area contributed by atoms with Crippen molar-refractivity contribution >= 4 is 29.3 Å². The van der Waals surface area contributed by atoms with Crippen LogP contribution < -0.4 is 15.4 Å². The first-order valence-corrected chi connectivity index (χ1v) is 11.3. The minimum absolute atomic E-state index is 0.0837. The molecular weight excluding hydrogens is 444 g/mol. The number of pyridine rings is 1. The summed E-state index contributed by atoms with van der Waals surface area (Å²) in [5.41, 5.74) is 1.06. The second kappa shape index (κ2) is 12.9. The van der Waals surface area contributed by atoms with Gasteiger partial charge in [0, 0.05) is 43.5 Å². The van der Waals surface area contributed by atoms with Crippen LogP contribution in [0.4, 0.5) is 10.5 Å². The number of ether oxygens (including phenoxy) is 2. The maximum Gasteiger partial charge on any atom is 0.410 e. The van der Waals surface area contributed by atoms with Crippen LogP contribution in [0.3, 0.4) is 0 Å². The molecule has 2 amide bonds. The van der Waals surface area contributed by atoms with E-state index in [9.17, 15) is 9.59 Å². The number of nitrogens with zero attached hydrogens (tertiary/aromatic N) is 2.